The molecule has 1 aliphatic carbocycles. The van der Waals surface area contributed by atoms with Gasteiger partial charge in [-0.05, 0) is 25.2 Å². The second kappa shape index (κ2) is 5.17. The molecule has 3 atom stereocenters. The van der Waals surface area contributed by atoms with Gasteiger partial charge in [-0.2, -0.15) is 0 Å². The van der Waals surface area contributed by atoms with E-state index in [1.807, 2.05) is 4.90 Å². The smallest absolute Gasteiger partial charge is 0.320 e. The minimum absolute atomic E-state index is 0.0556. The molecule has 2 aliphatic rings. The van der Waals surface area contributed by atoms with Crippen molar-refractivity contribution in [2.24, 2.45) is 5.92 Å². The Morgan fingerprint density at radius 3 is 2.61 bits per heavy atom. The molecule has 0 radical (unpaired) electrons. The van der Waals surface area contributed by atoms with E-state index in [1.165, 1.54) is 12.7 Å². The highest BCUT2D eigenvalue weighted by Gasteiger charge is 2.44. The van der Waals surface area contributed by atoms with Crippen molar-refractivity contribution >= 4 is 15.8 Å². The van der Waals surface area contributed by atoms with E-state index in [0.717, 1.165) is 19.3 Å². The molecule has 1 saturated heterocycles. The van der Waals surface area contributed by atoms with Crippen molar-refractivity contribution in [1.29, 1.82) is 0 Å². The summed E-state index contributed by atoms with van der Waals surface area (Å²) in [5.74, 6) is -0.308. The topological polar surface area (TPSA) is 74.7 Å². The van der Waals surface area contributed by atoms with Gasteiger partial charge in [-0.25, -0.2) is 8.42 Å². The number of hydrogen-bond donors (Lipinski definition) is 1. The second-order valence-electron chi connectivity index (χ2n) is 5.57. The fourth-order valence-electron chi connectivity index (χ4n) is 3.39. The molecule has 1 heterocycles. The number of hydrogen-bond acceptors (Lipinski definition) is 4. The van der Waals surface area contributed by atoms with E-state index >= 15 is 0 Å². The van der Waals surface area contributed by atoms with Gasteiger partial charge in [0.2, 0.25) is 0 Å². The summed E-state index contributed by atoms with van der Waals surface area (Å²) in [4.78, 5) is 13.2. The van der Waals surface area contributed by atoms with E-state index in [4.69, 9.17) is 0 Å². The Hall–Kier alpha value is -0.620. The second-order valence-corrected chi connectivity index (χ2v) is 7.83. The average Bonchev–Trinajstić information content (AvgIpc) is 2.64. The maximum Gasteiger partial charge on any atom is 0.320 e. The molecule has 0 spiro atoms. The number of carboxylic acid groups (broad SMARTS) is 1. The van der Waals surface area contributed by atoms with E-state index < -0.39 is 21.8 Å². The van der Waals surface area contributed by atoms with Crippen molar-refractivity contribution in [3.8, 4) is 0 Å². The predicted molar refractivity (Wildman–Crippen MR) is 68.2 cm³/mol. The van der Waals surface area contributed by atoms with Gasteiger partial charge in [0.15, 0.2) is 0 Å². The number of carboxylic acids is 1. The molecule has 5 nitrogen and oxygen atoms in total. The zero-order chi connectivity index (χ0) is 13.3. The van der Waals surface area contributed by atoms with Crippen LogP contribution < -0.4 is 0 Å². The Labute approximate surface area is 108 Å². The maximum atomic E-state index is 11.3. The summed E-state index contributed by atoms with van der Waals surface area (Å²) in [6, 6.07) is -0.207. The highest BCUT2D eigenvalue weighted by molar-refractivity contribution is 7.90. The van der Waals surface area contributed by atoms with Gasteiger partial charge in [0.25, 0.3) is 0 Å². The predicted octanol–water partition coefficient (Wildman–Crippen LogP) is 0.749. The van der Waals surface area contributed by atoms with Crippen LogP contribution in [-0.2, 0) is 14.6 Å². The summed E-state index contributed by atoms with van der Waals surface area (Å²) < 4.78 is 22.5. The number of rotatable bonds is 4. The molecule has 1 aliphatic heterocycles. The van der Waals surface area contributed by atoms with E-state index in [-0.39, 0.29) is 11.8 Å². The number of fused-ring (bicyclic) bond motifs is 1. The molecule has 3 unspecified atom stereocenters. The summed E-state index contributed by atoms with van der Waals surface area (Å²) in [6.45, 7) is 0.358. The SMILES string of the molecule is CS(=O)(=O)CCN1C(C(=O)O)CC2CCCCC21. The molecule has 0 aromatic carbocycles. The number of aliphatic carboxylic acids is 1. The van der Waals surface area contributed by atoms with Crippen molar-refractivity contribution in [3.63, 3.8) is 0 Å². The molecule has 6 heteroatoms. The largest absolute Gasteiger partial charge is 0.480 e. The molecular formula is C12H21NO4S. The van der Waals surface area contributed by atoms with Crippen LogP contribution in [0.2, 0.25) is 0 Å². The summed E-state index contributed by atoms with van der Waals surface area (Å²) in [5, 5.41) is 9.27. The molecule has 0 aromatic rings. The molecule has 18 heavy (non-hydrogen) atoms. The third-order valence-corrected chi connectivity index (χ3v) is 5.15. The van der Waals surface area contributed by atoms with Crippen LogP contribution in [-0.4, -0.2) is 55.0 Å². The van der Waals surface area contributed by atoms with Crippen molar-refractivity contribution < 1.29 is 18.3 Å². The Morgan fingerprint density at radius 2 is 2.00 bits per heavy atom. The lowest BCUT2D eigenvalue weighted by molar-refractivity contribution is -0.142. The molecule has 2 rings (SSSR count). The van der Waals surface area contributed by atoms with Gasteiger partial charge >= 0.3 is 5.97 Å². The summed E-state index contributed by atoms with van der Waals surface area (Å²) in [7, 11) is -3.03. The maximum absolute atomic E-state index is 11.3. The Bertz CT molecular complexity index is 420. The van der Waals surface area contributed by atoms with Crippen LogP contribution in [0.3, 0.4) is 0 Å². The van der Waals surface area contributed by atoms with Gasteiger partial charge in [-0.15, -0.1) is 0 Å². The zero-order valence-electron chi connectivity index (χ0n) is 10.7. The van der Waals surface area contributed by atoms with Gasteiger partial charge in [0.05, 0.1) is 5.75 Å². The van der Waals surface area contributed by atoms with Crippen LogP contribution in [0.5, 0.6) is 0 Å². The van der Waals surface area contributed by atoms with Crippen LogP contribution >= 0.6 is 0 Å². The van der Waals surface area contributed by atoms with Crippen LogP contribution in [0.4, 0.5) is 0 Å². The Morgan fingerprint density at radius 1 is 1.33 bits per heavy atom. The number of likely N-dealkylation sites (tertiary alicyclic amines) is 1. The van der Waals surface area contributed by atoms with Crippen molar-refractivity contribution in [2.75, 3.05) is 18.6 Å². The first-order chi connectivity index (χ1) is 8.38. The van der Waals surface area contributed by atoms with Crippen LogP contribution in [0.1, 0.15) is 32.1 Å². The summed E-state index contributed by atoms with van der Waals surface area (Å²) in [6.07, 6.45) is 6.29. The minimum Gasteiger partial charge on any atom is -0.480 e. The quantitative estimate of drug-likeness (QED) is 0.819. The molecule has 2 fully saturated rings. The number of carbonyl (C=O) groups is 1. The van der Waals surface area contributed by atoms with Gasteiger partial charge in [-0.3, -0.25) is 9.69 Å². The first kappa shape index (κ1) is 13.8. The highest BCUT2D eigenvalue weighted by atomic mass is 32.2. The minimum atomic E-state index is -3.03. The van der Waals surface area contributed by atoms with Gasteiger partial charge in [0.1, 0.15) is 15.9 Å². The molecule has 104 valence electrons. The number of sulfone groups is 1. The van der Waals surface area contributed by atoms with E-state index in [1.54, 1.807) is 0 Å². The first-order valence-electron chi connectivity index (χ1n) is 6.55. The molecule has 1 N–H and O–H groups in total. The molecule has 1 saturated carbocycles. The molecular weight excluding hydrogens is 254 g/mol. The molecule has 0 aromatic heterocycles. The zero-order valence-corrected chi connectivity index (χ0v) is 11.5. The average molecular weight is 275 g/mol. The van der Waals surface area contributed by atoms with Gasteiger partial charge in [0, 0.05) is 18.8 Å². The lowest BCUT2D eigenvalue weighted by Crippen LogP contribution is -2.44. The van der Waals surface area contributed by atoms with Crippen molar-refractivity contribution in [3.05, 3.63) is 0 Å². The Balaban J connectivity index is 2.09. The fraction of sp³-hybridized carbons (Fsp3) is 0.917. The highest BCUT2D eigenvalue weighted by Crippen LogP contribution is 2.39. The third kappa shape index (κ3) is 3.03. The summed E-state index contributed by atoms with van der Waals surface area (Å²) in [5.41, 5.74) is 0. The summed E-state index contributed by atoms with van der Waals surface area (Å²) >= 11 is 0. The third-order valence-electron chi connectivity index (χ3n) is 4.23. The molecule has 0 amide bonds. The lowest BCUT2D eigenvalue weighted by atomic mass is 9.85. The standard InChI is InChI=1S/C12H21NO4S/c1-18(16,17)7-6-13-10-5-3-2-4-9(10)8-11(13)12(14)15/h9-11H,2-8H2,1H3,(H,14,15). The Kier molecular flexibility index (Phi) is 3.96. The van der Waals surface area contributed by atoms with Gasteiger partial charge in [-0.1, -0.05) is 12.8 Å². The van der Waals surface area contributed by atoms with Crippen molar-refractivity contribution in [1.82, 2.24) is 4.90 Å². The normalized spacial score (nSPS) is 33.3. The first-order valence-corrected chi connectivity index (χ1v) is 8.61. The lowest BCUT2D eigenvalue weighted by Gasteiger charge is -2.32. The monoisotopic (exact) mass is 275 g/mol. The van der Waals surface area contributed by atoms with E-state index in [9.17, 15) is 18.3 Å². The van der Waals surface area contributed by atoms with E-state index in [2.05, 4.69) is 0 Å². The van der Waals surface area contributed by atoms with Gasteiger partial charge < -0.3 is 5.11 Å². The number of nitrogens with zero attached hydrogens (tertiary/aromatic N) is 1. The van der Waals surface area contributed by atoms with Crippen LogP contribution in [0.25, 0.3) is 0 Å². The fourth-order valence-corrected chi connectivity index (χ4v) is 3.93. The molecule has 0 bridgehead atoms. The van der Waals surface area contributed by atoms with Crippen molar-refractivity contribution in [2.45, 2.75) is 44.2 Å². The van der Waals surface area contributed by atoms with E-state index in [0.29, 0.717) is 18.9 Å². The van der Waals surface area contributed by atoms with Crippen LogP contribution in [0.15, 0.2) is 0 Å². The van der Waals surface area contributed by atoms with Crippen LogP contribution in [0, 0.1) is 5.92 Å².